The molecule has 116 valence electrons. The van der Waals surface area contributed by atoms with E-state index in [-0.39, 0.29) is 18.5 Å². The number of allylic oxidation sites excluding steroid dienone is 2. The van der Waals surface area contributed by atoms with Crippen molar-refractivity contribution in [2.24, 2.45) is 11.8 Å². The zero-order valence-corrected chi connectivity index (χ0v) is 12.1. The van der Waals surface area contributed by atoms with Gasteiger partial charge in [-0.1, -0.05) is 17.7 Å². The SMILES string of the molecule is O=C(O)[C@@H]1CC=C(Cl)C[C@H]1C(=O)Nc1ccc([N+](=O)[O-])cc1. The highest BCUT2D eigenvalue weighted by Gasteiger charge is 2.36. The van der Waals surface area contributed by atoms with Gasteiger partial charge in [0.05, 0.1) is 16.8 Å². The number of carbonyl (C=O) groups is 2. The van der Waals surface area contributed by atoms with E-state index in [4.69, 9.17) is 11.6 Å². The first-order valence-electron chi connectivity index (χ1n) is 6.51. The third kappa shape index (κ3) is 3.62. The smallest absolute Gasteiger partial charge is 0.307 e. The maximum absolute atomic E-state index is 12.3. The number of amides is 1. The van der Waals surface area contributed by atoms with Crippen molar-refractivity contribution < 1.29 is 19.6 Å². The maximum atomic E-state index is 12.3. The van der Waals surface area contributed by atoms with Crippen LogP contribution in [0.2, 0.25) is 0 Å². The zero-order chi connectivity index (χ0) is 16.3. The van der Waals surface area contributed by atoms with Crippen LogP contribution in [-0.2, 0) is 9.59 Å². The van der Waals surface area contributed by atoms with Gasteiger partial charge in [0.1, 0.15) is 0 Å². The van der Waals surface area contributed by atoms with Gasteiger partial charge in [0.25, 0.3) is 5.69 Å². The van der Waals surface area contributed by atoms with Crippen LogP contribution in [0.25, 0.3) is 0 Å². The number of carboxylic acids is 1. The fourth-order valence-electron chi connectivity index (χ4n) is 2.30. The molecule has 22 heavy (non-hydrogen) atoms. The van der Waals surface area contributed by atoms with Gasteiger partial charge in [-0.05, 0) is 25.0 Å². The Balaban J connectivity index is 2.11. The summed E-state index contributed by atoms with van der Waals surface area (Å²) < 4.78 is 0. The van der Waals surface area contributed by atoms with E-state index in [9.17, 15) is 24.8 Å². The topological polar surface area (TPSA) is 110 Å². The van der Waals surface area contributed by atoms with E-state index in [2.05, 4.69) is 5.32 Å². The Kier molecular flexibility index (Phi) is 4.77. The Morgan fingerprint density at radius 2 is 1.91 bits per heavy atom. The van der Waals surface area contributed by atoms with Gasteiger partial charge in [0.2, 0.25) is 5.91 Å². The van der Waals surface area contributed by atoms with E-state index >= 15 is 0 Å². The summed E-state index contributed by atoms with van der Waals surface area (Å²) in [6, 6.07) is 5.31. The van der Waals surface area contributed by atoms with Crippen molar-refractivity contribution in [1.82, 2.24) is 0 Å². The van der Waals surface area contributed by atoms with E-state index in [1.807, 2.05) is 0 Å². The van der Waals surface area contributed by atoms with Crippen molar-refractivity contribution in [2.45, 2.75) is 12.8 Å². The summed E-state index contributed by atoms with van der Waals surface area (Å²) in [5.41, 5.74) is 0.274. The first-order chi connectivity index (χ1) is 10.4. The molecule has 0 unspecified atom stereocenters. The number of benzene rings is 1. The number of nitrogens with zero attached hydrogens (tertiary/aromatic N) is 1. The predicted molar refractivity (Wildman–Crippen MR) is 79.5 cm³/mol. The molecule has 1 amide bonds. The Morgan fingerprint density at radius 1 is 1.27 bits per heavy atom. The molecule has 0 radical (unpaired) electrons. The number of halogens is 1. The second-order valence-electron chi connectivity index (χ2n) is 4.94. The second-order valence-corrected chi connectivity index (χ2v) is 5.42. The number of aliphatic carboxylic acids is 1. The van der Waals surface area contributed by atoms with Crippen LogP contribution in [-0.4, -0.2) is 21.9 Å². The predicted octanol–water partition coefficient (Wildman–Crippen LogP) is 2.77. The lowest BCUT2D eigenvalue weighted by molar-refractivity contribution is -0.384. The van der Waals surface area contributed by atoms with Crippen LogP contribution in [0, 0.1) is 22.0 Å². The van der Waals surface area contributed by atoms with Gasteiger partial charge in [-0.25, -0.2) is 0 Å². The molecule has 1 aromatic carbocycles. The summed E-state index contributed by atoms with van der Waals surface area (Å²) in [7, 11) is 0. The van der Waals surface area contributed by atoms with Gasteiger partial charge in [-0.3, -0.25) is 19.7 Å². The first-order valence-corrected chi connectivity index (χ1v) is 6.89. The number of nitro groups is 1. The molecule has 0 fully saturated rings. The van der Waals surface area contributed by atoms with Crippen molar-refractivity contribution in [2.75, 3.05) is 5.32 Å². The molecule has 1 aliphatic rings. The number of hydrogen-bond donors (Lipinski definition) is 2. The lowest BCUT2D eigenvalue weighted by Gasteiger charge is -2.25. The van der Waals surface area contributed by atoms with E-state index in [1.54, 1.807) is 6.08 Å². The third-order valence-electron chi connectivity index (χ3n) is 3.49. The summed E-state index contributed by atoms with van der Waals surface area (Å²) in [4.78, 5) is 33.5. The van der Waals surface area contributed by atoms with E-state index in [1.165, 1.54) is 24.3 Å². The molecule has 0 spiro atoms. The van der Waals surface area contributed by atoms with Crippen LogP contribution in [0.3, 0.4) is 0 Å². The standard InChI is InChI=1S/C14H13ClN2O5/c15-8-1-6-11(14(19)20)12(7-8)13(18)16-9-2-4-10(5-3-9)17(21)22/h1-5,11-12H,6-7H2,(H,16,18)(H,19,20)/t11-,12-/m1/s1. The Bertz CT molecular complexity index is 641. The van der Waals surface area contributed by atoms with Crippen LogP contribution < -0.4 is 5.32 Å². The Labute approximate surface area is 130 Å². The minimum absolute atomic E-state index is 0.0925. The average Bonchev–Trinajstić information content (AvgIpc) is 2.47. The van der Waals surface area contributed by atoms with Crippen LogP contribution in [0.1, 0.15) is 12.8 Å². The fraction of sp³-hybridized carbons (Fsp3) is 0.286. The summed E-state index contributed by atoms with van der Waals surface area (Å²) in [6.07, 6.45) is 1.97. The lowest BCUT2D eigenvalue weighted by atomic mass is 9.82. The minimum Gasteiger partial charge on any atom is -0.481 e. The van der Waals surface area contributed by atoms with Gasteiger partial charge >= 0.3 is 5.97 Å². The van der Waals surface area contributed by atoms with Crippen molar-refractivity contribution >= 4 is 34.9 Å². The van der Waals surface area contributed by atoms with Crippen LogP contribution >= 0.6 is 11.6 Å². The fourth-order valence-corrected chi connectivity index (χ4v) is 2.56. The van der Waals surface area contributed by atoms with E-state index < -0.39 is 28.6 Å². The first kappa shape index (κ1) is 16.0. The van der Waals surface area contributed by atoms with Gasteiger partial charge in [-0.15, -0.1) is 0 Å². The second kappa shape index (κ2) is 6.57. The molecule has 1 aromatic rings. The Morgan fingerprint density at radius 3 is 2.45 bits per heavy atom. The quantitative estimate of drug-likeness (QED) is 0.653. The Hall–Kier alpha value is -2.41. The van der Waals surface area contributed by atoms with E-state index in [0.29, 0.717) is 10.7 Å². The van der Waals surface area contributed by atoms with E-state index in [0.717, 1.165) is 0 Å². The molecule has 0 saturated heterocycles. The zero-order valence-electron chi connectivity index (χ0n) is 11.4. The third-order valence-corrected chi connectivity index (χ3v) is 3.80. The highest BCUT2D eigenvalue weighted by Crippen LogP contribution is 2.32. The largest absolute Gasteiger partial charge is 0.481 e. The number of nitrogens with one attached hydrogen (secondary N) is 1. The van der Waals surface area contributed by atoms with Crippen molar-refractivity contribution in [3.63, 3.8) is 0 Å². The number of rotatable bonds is 4. The van der Waals surface area contributed by atoms with Crippen molar-refractivity contribution in [1.29, 1.82) is 0 Å². The molecule has 1 aliphatic carbocycles. The molecule has 2 atom stereocenters. The molecule has 0 saturated carbocycles. The summed E-state index contributed by atoms with van der Waals surface area (Å²) in [5, 5.41) is 22.8. The number of nitro benzene ring substituents is 1. The van der Waals surface area contributed by atoms with Crippen LogP contribution in [0.5, 0.6) is 0 Å². The molecule has 0 aromatic heterocycles. The molecular formula is C14H13ClN2O5. The van der Waals surface area contributed by atoms with Gasteiger partial charge in [-0.2, -0.15) is 0 Å². The van der Waals surface area contributed by atoms with Crippen molar-refractivity contribution in [3.8, 4) is 0 Å². The number of hydrogen-bond acceptors (Lipinski definition) is 4. The molecular weight excluding hydrogens is 312 g/mol. The number of anilines is 1. The minimum atomic E-state index is -1.05. The number of carboxylic acid groups (broad SMARTS) is 1. The summed E-state index contributed by atoms with van der Waals surface area (Å²) in [6.45, 7) is 0. The lowest BCUT2D eigenvalue weighted by Crippen LogP contribution is -2.35. The van der Waals surface area contributed by atoms with Gasteiger partial charge in [0, 0.05) is 22.9 Å². The highest BCUT2D eigenvalue weighted by molar-refractivity contribution is 6.29. The monoisotopic (exact) mass is 324 g/mol. The summed E-state index contributed by atoms with van der Waals surface area (Å²) in [5.74, 6) is -3.12. The number of carbonyl (C=O) groups excluding carboxylic acids is 1. The van der Waals surface area contributed by atoms with Crippen LogP contribution in [0.4, 0.5) is 11.4 Å². The molecule has 0 aliphatic heterocycles. The van der Waals surface area contributed by atoms with Crippen molar-refractivity contribution in [3.05, 3.63) is 45.5 Å². The molecule has 2 N–H and O–H groups in total. The maximum Gasteiger partial charge on any atom is 0.307 e. The van der Waals surface area contributed by atoms with Gasteiger partial charge in [0.15, 0.2) is 0 Å². The normalized spacial score (nSPS) is 20.9. The molecule has 0 heterocycles. The molecule has 2 rings (SSSR count). The van der Waals surface area contributed by atoms with Crippen LogP contribution in [0.15, 0.2) is 35.4 Å². The highest BCUT2D eigenvalue weighted by atomic mass is 35.5. The molecule has 8 heteroatoms. The molecule has 0 bridgehead atoms. The van der Waals surface area contributed by atoms with Gasteiger partial charge < -0.3 is 10.4 Å². The summed E-state index contributed by atoms with van der Waals surface area (Å²) >= 11 is 5.90. The number of non-ortho nitro benzene ring substituents is 1. The molecule has 7 nitrogen and oxygen atoms in total. The average molecular weight is 325 g/mol.